The van der Waals surface area contributed by atoms with Crippen LogP contribution in [0.1, 0.15) is 43.1 Å². The Labute approximate surface area is 110 Å². The molecule has 1 rings (SSSR count). The lowest BCUT2D eigenvalue weighted by Crippen LogP contribution is -2.25. The zero-order valence-corrected chi connectivity index (χ0v) is 12.2. The summed E-state index contributed by atoms with van der Waals surface area (Å²) in [5.74, 6) is 0.773. The molecule has 1 atom stereocenters. The highest BCUT2D eigenvalue weighted by atomic mass is 16.5. The molecule has 0 saturated heterocycles. The van der Waals surface area contributed by atoms with Gasteiger partial charge in [0.15, 0.2) is 0 Å². The standard InChI is InChI=1S/C15H24O3/c1-10-7-8-12(14(17-5)11(10)2)13(16)9-15(3,4)18-6/h7-8,13,16H,9H2,1-6H3. The van der Waals surface area contributed by atoms with Crippen molar-refractivity contribution in [3.05, 3.63) is 28.8 Å². The summed E-state index contributed by atoms with van der Waals surface area (Å²) in [5.41, 5.74) is 2.70. The minimum Gasteiger partial charge on any atom is -0.496 e. The summed E-state index contributed by atoms with van der Waals surface area (Å²) in [6.45, 7) is 7.96. The Morgan fingerprint density at radius 2 is 1.83 bits per heavy atom. The Morgan fingerprint density at radius 1 is 1.22 bits per heavy atom. The molecule has 0 aliphatic carbocycles. The van der Waals surface area contributed by atoms with Gasteiger partial charge in [-0.3, -0.25) is 0 Å². The minimum absolute atomic E-state index is 0.358. The van der Waals surface area contributed by atoms with Crippen LogP contribution in [0, 0.1) is 13.8 Å². The Balaban J connectivity index is 3.06. The molecule has 0 spiro atoms. The summed E-state index contributed by atoms with van der Waals surface area (Å²) < 4.78 is 10.8. The molecule has 1 aromatic carbocycles. The number of aliphatic hydroxyl groups is 1. The van der Waals surface area contributed by atoms with Gasteiger partial charge in [-0.05, 0) is 38.8 Å². The number of aryl methyl sites for hydroxylation is 1. The molecule has 0 bridgehead atoms. The third-order valence-corrected chi connectivity index (χ3v) is 3.51. The highest BCUT2D eigenvalue weighted by Gasteiger charge is 2.25. The third-order valence-electron chi connectivity index (χ3n) is 3.51. The first kappa shape index (κ1) is 15.0. The Hall–Kier alpha value is -1.06. The lowest BCUT2D eigenvalue weighted by atomic mass is 9.93. The Bertz CT molecular complexity index is 410. The van der Waals surface area contributed by atoms with E-state index in [4.69, 9.17) is 9.47 Å². The van der Waals surface area contributed by atoms with Gasteiger partial charge in [0.25, 0.3) is 0 Å². The van der Waals surface area contributed by atoms with Crippen molar-refractivity contribution in [2.24, 2.45) is 0 Å². The lowest BCUT2D eigenvalue weighted by molar-refractivity contribution is -0.0205. The zero-order valence-electron chi connectivity index (χ0n) is 12.2. The van der Waals surface area contributed by atoms with E-state index in [1.165, 1.54) is 0 Å². The van der Waals surface area contributed by atoms with E-state index in [0.717, 1.165) is 22.4 Å². The quantitative estimate of drug-likeness (QED) is 0.875. The molecule has 3 nitrogen and oxygen atoms in total. The molecule has 1 aromatic rings. The van der Waals surface area contributed by atoms with Crippen molar-refractivity contribution in [1.82, 2.24) is 0 Å². The molecule has 0 aliphatic rings. The zero-order chi connectivity index (χ0) is 13.9. The van der Waals surface area contributed by atoms with E-state index in [-0.39, 0.29) is 5.60 Å². The summed E-state index contributed by atoms with van der Waals surface area (Å²) in [7, 11) is 3.30. The molecule has 0 aliphatic heterocycles. The summed E-state index contributed by atoms with van der Waals surface area (Å²) in [5, 5.41) is 10.4. The molecule has 0 saturated carbocycles. The number of methoxy groups -OCH3 is 2. The number of benzene rings is 1. The largest absolute Gasteiger partial charge is 0.496 e. The van der Waals surface area contributed by atoms with Crippen LogP contribution in [-0.2, 0) is 4.74 Å². The first-order valence-corrected chi connectivity index (χ1v) is 6.19. The van der Waals surface area contributed by atoms with E-state index in [1.54, 1.807) is 14.2 Å². The van der Waals surface area contributed by atoms with Crippen LogP contribution in [0.5, 0.6) is 5.75 Å². The SMILES string of the molecule is COc1c(C(O)CC(C)(C)OC)ccc(C)c1C. The molecular weight excluding hydrogens is 228 g/mol. The van der Waals surface area contributed by atoms with Crippen molar-refractivity contribution in [3.8, 4) is 5.75 Å². The fourth-order valence-corrected chi connectivity index (χ4v) is 2.00. The summed E-state index contributed by atoms with van der Waals surface area (Å²) in [6, 6.07) is 3.94. The summed E-state index contributed by atoms with van der Waals surface area (Å²) in [4.78, 5) is 0. The smallest absolute Gasteiger partial charge is 0.127 e. The maximum Gasteiger partial charge on any atom is 0.127 e. The number of aliphatic hydroxyl groups excluding tert-OH is 1. The molecule has 1 unspecified atom stereocenters. The summed E-state index contributed by atoms with van der Waals surface area (Å²) in [6.07, 6.45) is -0.0586. The number of hydrogen-bond donors (Lipinski definition) is 1. The highest BCUT2D eigenvalue weighted by molar-refractivity contribution is 5.46. The van der Waals surface area contributed by atoms with Gasteiger partial charge in [0.1, 0.15) is 5.75 Å². The van der Waals surface area contributed by atoms with E-state index in [0.29, 0.717) is 6.42 Å². The van der Waals surface area contributed by atoms with Gasteiger partial charge in [-0.1, -0.05) is 12.1 Å². The van der Waals surface area contributed by atoms with Crippen LogP contribution in [0.25, 0.3) is 0 Å². The van der Waals surface area contributed by atoms with Crippen LogP contribution in [0.2, 0.25) is 0 Å². The fourth-order valence-electron chi connectivity index (χ4n) is 2.00. The van der Waals surface area contributed by atoms with Gasteiger partial charge in [0.05, 0.1) is 18.8 Å². The van der Waals surface area contributed by atoms with Crippen LogP contribution in [-0.4, -0.2) is 24.9 Å². The molecule has 0 radical (unpaired) electrons. The van der Waals surface area contributed by atoms with Gasteiger partial charge < -0.3 is 14.6 Å². The van der Waals surface area contributed by atoms with E-state index >= 15 is 0 Å². The second-order valence-corrected chi connectivity index (χ2v) is 5.31. The lowest BCUT2D eigenvalue weighted by Gasteiger charge is -2.27. The van der Waals surface area contributed by atoms with E-state index in [9.17, 15) is 5.11 Å². The Morgan fingerprint density at radius 3 is 2.33 bits per heavy atom. The highest BCUT2D eigenvalue weighted by Crippen LogP contribution is 2.35. The van der Waals surface area contributed by atoms with Gasteiger partial charge in [-0.15, -0.1) is 0 Å². The maximum atomic E-state index is 10.4. The predicted octanol–water partition coefficient (Wildman–Crippen LogP) is 3.16. The van der Waals surface area contributed by atoms with E-state index in [1.807, 2.05) is 39.8 Å². The topological polar surface area (TPSA) is 38.7 Å². The van der Waals surface area contributed by atoms with Gasteiger partial charge in [0.2, 0.25) is 0 Å². The minimum atomic E-state index is -0.589. The van der Waals surface area contributed by atoms with Crippen LogP contribution < -0.4 is 4.74 Å². The van der Waals surface area contributed by atoms with E-state index < -0.39 is 6.10 Å². The summed E-state index contributed by atoms with van der Waals surface area (Å²) >= 11 is 0. The van der Waals surface area contributed by atoms with Crippen molar-refractivity contribution < 1.29 is 14.6 Å². The van der Waals surface area contributed by atoms with Crippen molar-refractivity contribution in [2.45, 2.75) is 45.8 Å². The average molecular weight is 252 g/mol. The molecule has 0 aromatic heterocycles. The monoisotopic (exact) mass is 252 g/mol. The third kappa shape index (κ3) is 3.24. The average Bonchev–Trinajstić information content (AvgIpc) is 2.31. The number of hydrogen-bond acceptors (Lipinski definition) is 3. The van der Waals surface area contributed by atoms with Crippen molar-refractivity contribution in [1.29, 1.82) is 0 Å². The maximum absolute atomic E-state index is 10.4. The van der Waals surface area contributed by atoms with Gasteiger partial charge in [-0.25, -0.2) is 0 Å². The van der Waals surface area contributed by atoms with Gasteiger partial charge >= 0.3 is 0 Å². The number of rotatable bonds is 5. The van der Waals surface area contributed by atoms with Gasteiger partial charge in [-0.2, -0.15) is 0 Å². The first-order valence-electron chi connectivity index (χ1n) is 6.19. The van der Waals surface area contributed by atoms with E-state index in [2.05, 4.69) is 0 Å². The molecule has 0 fully saturated rings. The molecule has 18 heavy (non-hydrogen) atoms. The fraction of sp³-hybridized carbons (Fsp3) is 0.600. The molecule has 102 valence electrons. The van der Waals surface area contributed by atoms with Crippen molar-refractivity contribution in [2.75, 3.05) is 14.2 Å². The first-order chi connectivity index (χ1) is 8.32. The second kappa shape index (κ2) is 5.72. The van der Waals surface area contributed by atoms with Crippen LogP contribution in [0.3, 0.4) is 0 Å². The van der Waals surface area contributed by atoms with Crippen molar-refractivity contribution >= 4 is 0 Å². The van der Waals surface area contributed by atoms with Crippen LogP contribution in [0.4, 0.5) is 0 Å². The van der Waals surface area contributed by atoms with Gasteiger partial charge in [0, 0.05) is 19.1 Å². The van der Waals surface area contributed by atoms with Crippen LogP contribution in [0.15, 0.2) is 12.1 Å². The number of ether oxygens (including phenoxy) is 2. The molecule has 1 N–H and O–H groups in total. The normalized spacial score (nSPS) is 13.5. The van der Waals surface area contributed by atoms with Crippen LogP contribution >= 0.6 is 0 Å². The molecular formula is C15H24O3. The predicted molar refractivity (Wildman–Crippen MR) is 73.1 cm³/mol. The molecule has 0 heterocycles. The molecule has 3 heteroatoms. The molecule has 0 amide bonds. The van der Waals surface area contributed by atoms with Crippen molar-refractivity contribution in [3.63, 3.8) is 0 Å². The Kier molecular flexibility index (Phi) is 4.77. The second-order valence-electron chi connectivity index (χ2n) is 5.31.